The Morgan fingerprint density at radius 3 is 2.79 bits per heavy atom. The number of ketones is 1. The van der Waals surface area contributed by atoms with Crippen LogP contribution in [0.3, 0.4) is 0 Å². The van der Waals surface area contributed by atoms with E-state index in [1.807, 2.05) is 36.4 Å². The molecule has 128 valence electrons. The first kappa shape index (κ1) is 16.7. The van der Waals surface area contributed by atoms with Gasteiger partial charge in [0.2, 0.25) is 0 Å². The van der Waals surface area contributed by atoms with Gasteiger partial charge >= 0.3 is 6.09 Å². The molecule has 0 spiro atoms. The maximum absolute atomic E-state index is 12.7. The average Bonchev–Trinajstić information content (AvgIpc) is 2.60. The molecular weight excluding hydrogens is 302 g/mol. The van der Waals surface area contributed by atoms with Gasteiger partial charge in [-0.1, -0.05) is 43.3 Å². The summed E-state index contributed by atoms with van der Waals surface area (Å²) < 4.78 is 5.52. The maximum Gasteiger partial charge on any atom is 0.410 e. The normalized spacial score (nSPS) is 29.7. The molecule has 4 nitrogen and oxygen atoms in total. The highest BCUT2D eigenvalue weighted by atomic mass is 16.6. The highest BCUT2D eigenvalue weighted by molar-refractivity contribution is 5.84. The van der Waals surface area contributed by atoms with Crippen molar-refractivity contribution in [3.63, 3.8) is 0 Å². The summed E-state index contributed by atoms with van der Waals surface area (Å²) in [6.45, 7) is 6.80. The number of nitrogens with zero attached hydrogens (tertiary/aromatic N) is 1. The summed E-state index contributed by atoms with van der Waals surface area (Å²) in [7, 11) is 0. The molecule has 0 N–H and O–H groups in total. The van der Waals surface area contributed by atoms with E-state index in [0.717, 1.165) is 18.4 Å². The number of carbonyl (C=O) groups excluding carboxylic acids is 2. The standard InChI is InChI=1S/C20H25NO3/c1-3-15-11-17-18(9-14(2)10-19(17)22)21(12-15)20(23)24-13-16-7-5-4-6-8-16/h3-8,14-15,17-18H,1,9-13H2,2H3/t14-,15+,17-,18-/m0/s1. The predicted molar refractivity (Wildman–Crippen MR) is 92.3 cm³/mol. The summed E-state index contributed by atoms with van der Waals surface area (Å²) in [4.78, 5) is 26.9. The Kier molecular flexibility index (Phi) is 5.03. The Morgan fingerprint density at radius 2 is 2.08 bits per heavy atom. The summed E-state index contributed by atoms with van der Waals surface area (Å²) in [5, 5.41) is 0. The van der Waals surface area contributed by atoms with Crippen LogP contribution in [0.4, 0.5) is 4.79 Å². The Bertz CT molecular complexity index is 613. The van der Waals surface area contributed by atoms with Crippen LogP contribution in [0.5, 0.6) is 0 Å². The van der Waals surface area contributed by atoms with Crippen LogP contribution in [0.25, 0.3) is 0 Å². The molecule has 1 aliphatic carbocycles. The smallest absolute Gasteiger partial charge is 0.410 e. The number of Topliss-reactive ketones (excluding diaryl/α,β-unsaturated/α-hetero) is 1. The molecule has 2 fully saturated rings. The number of piperidine rings is 1. The Hall–Kier alpha value is -2.10. The molecule has 0 bridgehead atoms. The first-order valence-electron chi connectivity index (χ1n) is 8.71. The molecule has 1 saturated carbocycles. The topological polar surface area (TPSA) is 46.6 Å². The summed E-state index contributed by atoms with van der Waals surface area (Å²) >= 11 is 0. The maximum atomic E-state index is 12.7. The van der Waals surface area contributed by atoms with Crippen molar-refractivity contribution in [2.75, 3.05) is 6.54 Å². The molecule has 3 rings (SSSR count). The summed E-state index contributed by atoms with van der Waals surface area (Å²) in [5.74, 6) is 0.699. The minimum absolute atomic E-state index is 0.0271. The van der Waals surface area contributed by atoms with Crippen molar-refractivity contribution in [2.24, 2.45) is 17.8 Å². The lowest BCUT2D eigenvalue weighted by molar-refractivity contribution is -0.131. The third-order valence-electron chi connectivity index (χ3n) is 5.23. The predicted octanol–water partition coefficient (Wildman–Crippen LogP) is 3.81. The van der Waals surface area contributed by atoms with Crippen LogP contribution in [0.1, 0.15) is 31.7 Å². The van der Waals surface area contributed by atoms with E-state index < -0.39 is 0 Å². The van der Waals surface area contributed by atoms with Crippen molar-refractivity contribution in [2.45, 2.75) is 38.8 Å². The minimum atomic E-state index is -0.317. The van der Waals surface area contributed by atoms with Gasteiger partial charge in [0.25, 0.3) is 0 Å². The van der Waals surface area contributed by atoms with E-state index >= 15 is 0 Å². The number of amides is 1. The van der Waals surface area contributed by atoms with Crippen molar-refractivity contribution in [3.05, 3.63) is 48.6 Å². The molecule has 0 radical (unpaired) electrons. The van der Waals surface area contributed by atoms with Crippen molar-refractivity contribution in [1.29, 1.82) is 0 Å². The molecule has 1 aromatic rings. The van der Waals surface area contributed by atoms with Gasteiger partial charge in [-0.2, -0.15) is 0 Å². The molecule has 24 heavy (non-hydrogen) atoms. The monoisotopic (exact) mass is 327 g/mol. The van der Waals surface area contributed by atoms with E-state index in [2.05, 4.69) is 13.5 Å². The molecular formula is C20H25NO3. The Morgan fingerprint density at radius 1 is 1.33 bits per heavy atom. The van der Waals surface area contributed by atoms with Gasteiger partial charge in [0.15, 0.2) is 0 Å². The van der Waals surface area contributed by atoms with E-state index in [4.69, 9.17) is 4.74 Å². The lowest BCUT2D eigenvalue weighted by atomic mass is 9.71. The molecule has 4 atom stereocenters. The van der Waals surface area contributed by atoms with Gasteiger partial charge in [0.1, 0.15) is 12.4 Å². The quantitative estimate of drug-likeness (QED) is 0.793. The zero-order chi connectivity index (χ0) is 17.1. The first-order valence-corrected chi connectivity index (χ1v) is 8.71. The minimum Gasteiger partial charge on any atom is -0.445 e. The highest BCUT2D eigenvalue weighted by Gasteiger charge is 2.45. The fourth-order valence-corrected chi connectivity index (χ4v) is 3.97. The van der Waals surface area contributed by atoms with Gasteiger partial charge in [-0.3, -0.25) is 4.79 Å². The molecule has 1 heterocycles. The van der Waals surface area contributed by atoms with Crippen molar-refractivity contribution in [1.82, 2.24) is 4.90 Å². The van der Waals surface area contributed by atoms with Gasteiger partial charge in [-0.25, -0.2) is 4.79 Å². The van der Waals surface area contributed by atoms with Crippen LogP contribution >= 0.6 is 0 Å². The van der Waals surface area contributed by atoms with E-state index in [9.17, 15) is 9.59 Å². The molecule has 1 amide bonds. The van der Waals surface area contributed by atoms with Crippen LogP contribution < -0.4 is 0 Å². The van der Waals surface area contributed by atoms with Crippen LogP contribution in [-0.2, 0) is 16.1 Å². The number of likely N-dealkylation sites (tertiary alicyclic amines) is 1. The second kappa shape index (κ2) is 7.20. The zero-order valence-electron chi connectivity index (χ0n) is 14.2. The molecule has 4 heteroatoms. The number of carbonyl (C=O) groups is 2. The second-order valence-corrected chi connectivity index (χ2v) is 7.11. The Labute approximate surface area is 143 Å². The molecule has 0 aromatic heterocycles. The number of ether oxygens (including phenoxy) is 1. The molecule has 2 aliphatic rings. The van der Waals surface area contributed by atoms with Crippen LogP contribution in [0.15, 0.2) is 43.0 Å². The van der Waals surface area contributed by atoms with Gasteiger partial charge in [-0.15, -0.1) is 6.58 Å². The van der Waals surface area contributed by atoms with Crippen LogP contribution in [0, 0.1) is 17.8 Å². The van der Waals surface area contributed by atoms with Gasteiger partial charge in [-0.05, 0) is 30.2 Å². The van der Waals surface area contributed by atoms with E-state index in [0.29, 0.717) is 18.9 Å². The third-order valence-corrected chi connectivity index (χ3v) is 5.23. The zero-order valence-corrected chi connectivity index (χ0v) is 14.2. The third kappa shape index (κ3) is 3.53. The summed E-state index contributed by atoms with van der Waals surface area (Å²) in [6, 6.07) is 9.63. The van der Waals surface area contributed by atoms with Gasteiger partial charge < -0.3 is 9.64 Å². The van der Waals surface area contributed by atoms with E-state index in [-0.39, 0.29) is 36.4 Å². The van der Waals surface area contributed by atoms with Gasteiger partial charge in [0, 0.05) is 24.9 Å². The van der Waals surface area contributed by atoms with Crippen molar-refractivity contribution < 1.29 is 14.3 Å². The van der Waals surface area contributed by atoms with Crippen molar-refractivity contribution in [3.8, 4) is 0 Å². The summed E-state index contributed by atoms with van der Waals surface area (Å²) in [5.41, 5.74) is 0.966. The Balaban J connectivity index is 1.72. The van der Waals surface area contributed by atoms with Crippen molar-refractivity contribution >= 4 is 11.9 Å². The molecule has 1 aliphatic heterocycles. The lowest BCUT2D eigenvalue weighted by Crippen LogP contribution is -2.56. The fourth-order valence-electron chi connectivity index (χ4n) is 3.97. The fraction of sp³-hybridized carbons (Fsp3) is 0.500. The molecule has 1 saturated heterocycles. The van der Waals surface area contributed by atoms with E-state index in [1.165, 1.54) is 0 Å². The number of benzene rings is 1. The molecule has 0 unspecified atom stereocenters. The average molecular weight is 327 g/mol. The highest BCUT2D eigenvalue weighted by Crippen LogP contribution is 2.38. The number of hydrogen-bond donors (Lipinski definition) is 0. The van der Waals surface area contributed by atoms with Crippen LogP contribution in [0.2, 0.25) is 0 Å². The van der Waals surface area contributed by atoms with E-state index in [1.54, 1.807) is 4.90 Å². The van der Waals surface area contributed by atoms with Gasteiger partial charge in [0.05, 0.1) is 0 Å². The number of hydrogen-bond acceptors (Lipinski definition) is 3. The SMILES string of the molecule is C=C[C@@H]1C[C@@H]2C(=O)C[C@@H](C)C[C@@H]2N(C(=O)OCc2ccccc2)C1. The number of fused-ring (bicyclic) bond motifs is 1. The second-order valence-electron chi connectivity index (χ2n) is 7.11. The first-order chi connectivity index (χ1) is 11.6. The lowest BCUT2D eigenvalue weighted by Gasteiger charge is -2.46. The number of rotatable bonds is 3. The summed E-state index contributed by atoms with van der Waals surface area (Å²) in [6.07, 6.45) is 3.85. The van der Waals surface area contributed by atoms with Crippen LogP contribution in [-0.4, -0.2) is 29.4 Å². The molecule has 1 aromatic carbocycles. The largest absolute Gasteiger partial charge is 0.445 e.